The lowest BCUT2D eigenvalue weighted by Crippen LogP contribution is -2.37. The van der Waals surface area contributed by atoms with Gasteiger partial charge in [-0.25, -0.2) is 0 Å². The van der Waals surface area contributed by atoms with Crippen LogP contribution >= 0.6 is 0 Å². The Hall–Kier alpha value is -0.250. The average Bonchev–Trinajstić information content (AvgIpc) is 2.32. The molecule has 0 aliphatic heterocycles. The van der Waals surface area contributed by atoms with Crippen LogP contribution in [0.4, 0.5) is 13.2 Å². The van der Waals surface area contributed by atoms with Crippen molar-refractivity contribution in [2.45, 2.75) is 71.5 Å². The minimum absolute atomic E-state index is 0.299. The number of alkyl halides is 3. The van der Waals surface area contributed by atoms with Crippen LogP contribution in [0.1, 0.15) is 59.3 Å². The van der Waals surface area contributed by atoms with Crippen LogP contribution in [0.15, 0.2) is 0 Å². The Labute approximate surface area is 103 Å². The molecule has 1 fully saturated rings. The van der Waals surface area contributed by atoms with Gasteiger partial charge in [0.05, 0.1) is 5.92 Å². The van der Waals surface area contributed by atoms with Crippen LogP contribution in [0.5, 0.6) is 0 Å². The highest BCUT2D eigenvalue weighted by molar-refractivity contribution is 4.80. The Morgan fingerprint density at radius 2 is 1.59 bits per heavy atom. The molecule has 0 aromatic carbocycles. The smallest absolute Gasteiger partial charge is 0.314 e. The first kappa shape index (κ1) is 16.8. The van der Waals surface area contributed by atoms with Crippen LogP contribution < -0.4 is 5.32 Å². The predicted octanol–water partition coefficient (Wildman–Crippen LogP) is 4.52. The molecule has 1 rings (SSSR count). The maximum absolute atomic E-state index is 12.4. The number of rotatable bonds is 4. The summed E-state index contributed by atoms with van der Waals surface area (Å²) >= 11 is 0. The molecule has 0 saturated heterocycles. The average molecular weight is 253 g/mol. The normalized spacial score (nSPS) is 25.1. The Bertz CT molecular complexity index is 172. The lowest BCUT2D eigenvalue weighted by atomic mass is 9.85. The third-order valence-electron chi connectivity index (χ3n) is 3.15. The molecule has 0 spiro atoms. The van der Waals surface area contributed by atoms with Gasteiger partial charge in [-0.1, -0.05) is 27.2 Å². The Morgan fingerprint density at radius 1 is 1.06 bits per heavy atom. The first-order valence-electron chi connectivity index (χ1n) is 6.84. The van der Waals surface area contributed by atoms with Crippen LogP contribution in [0, 0.1) is 5.92 Å². The highest BCUT2D eigenvalue weighted by Crippen LogP contribution is 2.37. The van der Waals surface area contributed by atoms with Crippen LogP contribution in [-0.2, 0) is 0 Å². The minimum Gasteiger partial charge on any atom is -0.314 e. The van der Waals surface area contributed by atoms with E-state index in [1.165, 1.54) is 0 Å². The molecule has 1 saturated carbocycles. The maximum atomic E-state index is 12.4. The summed E-state index contributed by atoms with van der Waals surface area (Å²) in [6.45, 7) is 7.06. The highest BCUT2D eigenvalue weighted by atomic mass is 19.4. The topological polar surface area (TPSA) is 12.0 Å². The van der Waals surface area contributed by atoms with E-state index in [2.05, 4.69) is 12.2 Å². The summed E-state index contributed by atoms with van der Waals surface area (Å²) in [4.78, 5) is 0. The van der Waals surface area contributed by atoms with Gasteiger partial charge >= 0.3 is 6.18 Å². The van der Waals surface area contributed by atoms with Gasteiger partial charge in [0.1, 0.15) is 0 Å². The third-order valence-corrected chi connectivity index (χ3v) is 3.15. The van der Waals surface area contributed by atoms with Gasteiger partial charge in [0, 0.05) is 6.04 Å². The molecule has 0 aromatic rings. The Balaban J connectivity index is 0.00000121. The van der Waals surface area contributed by atoms with Crippen molar-refractivity contribution in [3.63, 3.8) is 0 Å². The number of unbranched alkanes of at least 4 members (excludes halogenated alkanes) is 1. The third kappa shape index (κ3) is 6.92. The number of nitrogens with one attached hydrogen (secondary N) is 1. The van der Waals surface area contributed by atoms with Gasteiger partial charge in [0.2, 0.25) is 0 Å². The van der Waals surface area contributed by atoms with Crippen molar-refractivity contribution >= 4 is 0 Å². The number of hydrogen-bond acceptors (Lipinski definition) is 1. The van der Waals surface area contributed by atoms with E-state index in [4.69, 9.17) is 0 Å². The predicted molar refractivity (Wildman–Crippen MR) is 66.1 cm³/mol. The van der Waals surface area contributed by atoms with Crippen LogP contribution in [0.3, 0.4) is 0 Å². The van der Waals surface area contributed by atoms with Crippen LogP contribution in [0.25, 0.3) is 0 Å². The fraction of sp³-hybridized carbons (Fsp3) is 1.00. The molecular formula is C13H26F3N. The molecule has 1 aliphatic rings. The summed E-state index contributed by atoms with van der Waals surface area (Å²) in [6.07, 6.45) is 0.209. The summed E-state index contributed by atoms with van der Waals surface area (Å²) in [6, 6.07) is 0.315. The lowest BCUT2D eigenvalue weighted by molar-refractivity contribution is -0.182. The van der Waals surface area contributed by atoms with Crippen molar-refractivity contribution in [2.75, 3.05) is 6.54 Å². The fourth-order valence-corrected chi connectivity index (χ4v) is 2.11. The first-order valence-corrected chi connectivity index (χ1v) is 6.84. The zero-order chi connectivity index (χ0) is 13.3. The van der Waals surface area contributed by atoms with E-state index in [0.29, 0.717) is 31.7 Å². The second-order valence-electron chi connectivity index (χ2n) is 4.40. The van der Waals surface area contributed by atoms with Gasteiger partial charge < -0.3 is 5.32 Å². The second-order valence-corrected chi connectivity index (χ2v) is 4.40. The summed E-state index contributed by atoms with van der Waals surface area (Å²) < 4.78 is 37.1. The zero-order valence-corrected chi connectivity index (χ0v) is 11.2. The molecule has 0 radical (unpaired) electrons. The standard InChI is InChI=1S/C11H20F3N.C2H6/c1-2-3-8-15-10-6-4-9(5-7-10)11(12,13)14;1-2/h9-10,15H,2-8H2,1H3;1-2H3. The van der Waals surface area contributed by atoms with Gasteiger partial charge in [0.25, 0.3) is 0 Å². The van der Waals surface area contributed by atoms with E-state index in [-0.39, 0.29) is 0 Å². The maximum Gasteiger partial charge on any atom is 0.391 e. The van der Waals surface area contributed by atoms with Crippen molar-refractivity contribution < 1.29 is 13.2 Å². The van der Waals surface area contributed by atoms with Gasteiger partial charge in [-0.15, -0.1) is 0 Å². The lowest BCUT2D eigenvalue weighted by Gasteiger charge is -2.30. The van der Waals surface area contributed by atoms with Crippen LogP contribution in [0.2, 0.25) is 0 Å². The summed E-state index contributed by atoms with van der Waals surface area (Å²) in [5, 5.41) is 3.33. The molecule has 0 bridgehead atoms. The zero-order valence-electron chi connectivity index (χ0n) is 11.2. The molecule has 0 amide bonds. The molecule has 4 heteroatoms. The quantitative estimate of drug-likeness (QED) is 0.726. The molecule has 104 valence electrons. The van der Waals surface area contributed by atoms with Crippen LogP contribution in [-0.4, -0.2) is 18.8 Å². The van der Waals surface area contributed by atoms with Gasteiger partial charge in [-0.05, 0) is 38.6 Å². The minimum atomic E-state index is -3.98. The van der Waals surface area contributed by atoms with E-state index in [1.807, 2.05) is 13.8 Å². The van der Waals surface area contributed by atoms with E-state index >= 15 is 0 Å². The van der Waals surface area contributed by atoms with Gasteiger partial charge in [0.15, 0.2) is 0 Å². The molecule has 0 heterocycles. The largest absolute Gasteiger partial charge is 0.391 e. The SMILES string of the molecule is CC.CCCCNC1CCC(C(F)(F)F)CC1. The van der Waals surface area contributed by atoms with E-state index in [0.717, 1.165) is 19.4 Å². The van der Waals surface area contributed by atoms with Crippen molar-refractivity contribution in [1.29, 1.82) is 0 Å². The van der Waals surface area contributed by atoms with Crippen molar-refractivity contribution in [1.82, 2.24) is 5.32 Å². The Morgan fingerprint density at radius 3 is 2.00 bits per heavy atom. The van der Waals surface area contributed by atoms with Crippen molar-refractivity contribution in [2.24, 2.45) is 5.92 Å². The number of halogens is 3. The summed E-state index contributed by atoms with van der Waals surface area (Å²) in [5.41, 5.74) is 0. The highest BCUT2D eigenvalue weighted by Gasteiger charge is 2.41. The molecule has 17 heavy (non-hydrogen) atoms. The fourth-order valence-electron chi connectivity index (χ4n) is 2.11. The van der Waals surface area contributed by atoms with Gasteiger partial charge in [-0.2, -0.15) is 13.2 Å². The molecule has 0 aromatic heterocycles. The summed E-state index contributed by atoms with van der Waals surface area (Å²) in [5.74, 6) is -1.05. The van der Waals surface area contributed by atoms with Crippen molar-refractivity contribution in [3.8, 4) is 0 Å². The molecule has 1 aliphatic carbocycles. The molecule has 1 N–H and O–H groups in total. The van der Waals surface area contributed by atoms with Gasteiger partial charge in [-0.3, -0.25) is 0 Å². The Kier molecular flexibility index (Phi) is 8.66. The monoisotopic (exact) mass is 253 g/mol. The van der Waals surface area contributed by atoms with Crippen molar-refractivity contribution in [3.05, 3.63) is 0 Å². The molecule has 1 nitrogen and oxygen atoms in total. The summed E-state index contributed by atoms with van der Waals surface area (Å²) in [7, 11) is 0. The van der Waals surface area contributed by atoms with E-state index in [1.54, 1.807) is 0 Å². The molecule has 0 unspecified atom stereocenters. The first-order chi connectivity index (χ1) is 8.04. The molecule has 0 atom stereocenters. The van der Waals surface area contributed by atoms with E-state index in [9.17, 15) is 13.2 Å². The van der Waals surface area contributed by atoms with E-state index < -0.39 is 12.1 Å². The number of hydrogen-bond donors (Lipinski definition) is 1. The molecular weight excluding hydrogens is 227 g/mol. The second kappa shape index (κ2) is 8.78.